The lowest BCUT2D eigenvalue weighted by molar-refractivity contribution is 0.239. The summed E-state index contributed by atoms with van der Waals surface area (Å²) in [6.07, 6.45) is 5.35. The maximum Gasteiger partial charge on any atom is 0.162 e. The Kier molecular flexibility index (Phi) is 3.83. The van der Waals surface area contributed by atoms with Gasteiger partial charge < -0.3 is 15.0 Å². The molecule has 4 nitrogen and oxygen atoms in total. The predicted octanol–water partition coefficient (Wildman–Crippen LogP) is 2.29. The molecule has 2 aromatic rings. The molecule has 0 unspecified atom stereocenters. The Morgan fingerprint density at radius 3 is 2.65 bits per heavy atom. The average molecular weight is 230 g/mol. The van der Waals surface area contributed by atoms with Crippen molar-refractivity contribution in [3.05, 3.63) is 60.2 Å². The Morgan fingerprint density at radius 2 is 2.00 bits per heavy atom. The summed E-state index contributed by atoms with van der Waals surface area (Å²) in [4.78, 5) is 5.09. The Morgan fingerprint density at radius 1 is 1.12 bits per heavy atom. The number of para-hydroxylation sites is 1. The van der Waals surface area contributed by atoms with Gasteiger partial charge in [-0.1, -0.05) is 18.2 Å². The third kappa shape index (κ3) is 3.12. The van der Waals surface area contributed by atoms with E-state index in [0.29, 0.717) is 6.54 Å². The topological polar surface area (TPSA) is 60.4 Å². The van der Waals surface area contributed by atoms with E-state index >= 15 is 0 Å². The molecule has 0 aliphatic carbocycles. The van der Waals surface area contributed by atoms with Gasteiger partial charge in [0.2, 0.25) is 0 Å². The maximum absolute atomic E-state index is 5.20. The quantitative estimate of drug-likeness (QED) is 0.789. The van der Waals surface area contributed by atoms with Gasteiger partial charge >= 0.3 is 0 Å². The summed E-state index contributed by atoms with van der Waals surface area (Å²) < 4.78 is 4.86. The Bertz CT molecular complexity index is 478. The Balaban J connectivity index is 0.000000136. The molecule has 17 heavy (non-hydrogen) atoms. The molecule has 2 heterocycles. The van der Waals surface area contributed by atoms with Crippen LogP contribution in [0.2, 0.25) is 0 Å². The molecular weight excluding hydrogens is 216 g/mol. The Labute approximate surface area is 99.6 Å². The standard InChI is InChI=1S/C8H7NO.C5H7NO/c1-2-4-8-7(3-1)5-6-9-10-8;6-4-5-2-1-3-7-5/h1-6,9H;1-3H,4,6H2. The van der Waals surface area contributed by atoms with Gasteiger partial charge in [0.25, 0.3) is 0 Å². The third-order valence-corrected chi connectivity index (χ3v) is 2.20. The van der Waals surface area contributed by atoms with Gasteiger partial charge in [-0.3, -0.25) is 0 Å². The van der Waals surface area contributed by atoms with Crippen molar-refractivity contribution < 1.29 is 9.25 Å². The van der Waals surface area contributed by atoms with Crippen molar-refractivity contribution in [3.63, 3.8) is 0 Å². The first kappa shape index (κ1) is 11.3. The number of hydroxylamine groups is 1. The largest absolute Gasteiger partial charge is 0.468 e. The Hall–Kier alpha value is -2.20. The molecule has 0 saturated carbocycles. The molecule has 88 valence electrons. The van der Waals surface area contributed by atoms with Crippen LogP contribution in [0.1, 0.15) is 11.3 Å². The molecule has 4 heteroatoms. The summed E-state index contributed by atoms with van der Waals surface area (Å²) in [5.74, 6) is 1.71. The van der Waals surface area contributed by atoms with Crippen LogP contribution in [0, 0.1) is 0 Å². The number of hydrogen-bond acceptors (Lipinski definition) is 4. The lowest BCUT2D eigenvalue weighted by atomic mass is 10.2. The van der Waals surface area contributed by atoms with Crippen LogP contribution >= 0.6 is 0 Å². The van der Waals surface area contributed by atoms with E-state index in [1.54, 1.807) is 12.5 Å². The molecular formula is C13H14N2O2. The highest BCUT2D eigenvalue weighted by Crippen LogP contribution is 2.20. The lowest BCUT2D eigenvalue weighted by Gasteiger charge is -2.11. The molecule has 1 aliphatic rings. The van der Waals surface area contributed by atoms with E-state index in [2.05, 4.69) is 5.48 Å². The van der Waals surface area contributed by atoms with E-state index in [1.165, 1.54) is 0 Å². The molecule has 0 fully saturated rings. The zero-order valence-corrected chi connectivity index (χ0v) is 9.30. The highest BCUT2D eigenvalue weighted by atomic mass is 16.6. The van der Waals surface area contributed by atoms with Crippen LogP contribution in [0.15, 0.2) is 53.3 Å². The summed E-state index contributed by atoms with van der Waals surface area (Å²) in [5, 5.41) is 0. The molecule has 0 saturated heterocycles. The van der Waals surface area contributed by atoms with E-state index in [4.69, 9.17) is 15.0 Å². The molecule has 0 amide bonds. The second kappa shape index (κ2) is 5.77. The molecule has 0 radical (unpaired) electrons. The van der Waals surface area contributed by atoms with E-state index < -0.39 is 0 Å². The summed E-state index contributed by atoms with van der Waals surface area (Å²) in [5.41, 5.74) is 8.97. The highest BCUT2D eigenvalue weighted by molar-refractivity contribution is 5.57. The summed E-state index contributed by atoms with van der Waals surface area (Å²) >= 11 is 0. The number of hydrogen-bond donors (Lipinski definition) is 2. The fraction of sp³-hybridized carbons (Fsp3) is 0.0769. The number of benzene rings is 1. The van der Waals surface area contributed by atoms with Gasteiger partial charge in [0.1, 0.15) is 5.76 Å². The first-order valence-corrected chi connectivity index (χ1v) is 5.30. The SMILES string of the molecule is C1=Cc2ccccc2ON1.NCc1ccco1. The fourth-order valence-electron chi connectivity index (χ4n) is 1.36. The van der Waals surface area contributed by atoms with Crippen LogP contribution in [-0.4, -0.2) is 0 Å². The lowest BCUT2D eigenvalue weighted by Crippen LogP contribution is -2.13. The van der Waals surface area contributed by atoms with Crippen molar-refractivity contribution in [2.75, 3.05) is 0 Å². The minimum absolute atomic E-state index is 0.493. The van der Waals surface area contributed by atoms with Crippen LogP contribution in [0.5, 0.6) is 5.75 Å². The van der Waals surface area contributed by atoms with Gasteiger partial charge in [-0.25, -0.2) is 5.48 Å². The van der Waals surface area contributed by atoms with Gasteiger partial charge in [-0.2, -0.15) is 0 Å². The fourth-order valence-corrected chi connectivity index (χ4v) is 1.36. The first-order valence-electron chi connectivity index (χ1n) is 5.30. The smallest absolute Gasteiger partial charge is 0.162 e. The van der Waals surface area contributed by atoms with Crippen LogP contribution in [0.25, 0.3) is 6.08 Å². The van der Waals surface area contributed by atoms with Crippen molar-refractivity contribution in [2.45, 2.75) is 6.54 Å². The molecule has 0 atom stereocenters. The number of nitrogens with two attached hydrogens (primary N) is 1. The molecule has 3 rings (SSSR count). The van der Waals surface area contributed by atoms with E-state index in [0.717, 1.165) is 17.1 Å². The van der Waals surface area contributed by atoms with E-state index in [1.807, 2.05) is 42.5 Å². The first-order chi connectivity index (χ1) is 8.40. The molecule has 0 spiro atoms. The second-order valence-electron chi connectivity index (χ2n) is 3.37. The van der Waals surface area contributed by atoms with Gasteiger partial charge in [0.15, 0.2) is 5.75 Å². The summed E-state index contributed by atoms with van der Waals surface area (Å²) in [6, 6.07) is 11.5. The number of furan rings is 1. The van der Waals surface area contributed by atoms with Crippen molar-refractivity contribution in [1.82, 2.24) is 5.48 Å². The number of rotatable bonds is 1. The van der Waals surface area contributed by atoms with Crippen LogP contribution in [-0.2, 0) is 6.54 Å². The van der Waals surface area contributed by atoms with Crippen LogP contribution < -0.4 is 16.1 Å². The van der Waals surface area contributed by atoms with Crippen molar-refractivity contribution in [3.8, 4) is 5.75 Å². The number of fused-ring (bicyclic) bond motifs is 1. The molecule has 1 aromatic carbocycles. The van der Waals surface area contributed by atoms with Crippen molar-refractivity contribution in [2.24, 2.45) is 5.73 Å². The van der Waals surface area contributed by atoms with Crippen LogP contribution in [0.3, 0.4) is 0 Å². The molecule has 1 aromatic heterocycles. The van der Waals surface area contributed by atoms with E-state index in [-0.39, 0.29) is 0 Å². The van der Waals surface area contributed by atoms with Gasteiger partial charge in [0, 0.05) is 11.8 Å². The zero-order valence-electron chi connectivity index (χ0n) is 9.30. The van der Waals surface area contributed by atoms with Gasteiger partial charge in [-0.05, 0) is 24.3 Å². The van der Waals surface area contributed by atoms with Crippen LogP contribution in [0.4, 0.5) is 0 Å². The molecule has 1 aliphatic heterocycles. The minimum Gasteiger partial charge on any atom is -0.468 e. The second-order valence-corrected chi connectivity index (χ2v) is 3.37. The van der Waals surface area contributed by atoms with Crippen molar-refractivity contribution in [1.29, 1.82) is 0 Å². The average Bonchev–Trinajstić information content (AvgIpc) is 2.93. The third-order valence-electron chi connectivity index (χ3n) is 2.20. The zero-order chi connectivity index (χ0) is 11.9. The van der Waals surface area contributed by atoms with Gasteiger partial charge in [0.05, 0.1) is 12.8 Å². The summed E-state index contributed by atoms with van der Waals surface area (Å²) in [7, 11) is 0. The summed E-state index contributed by atoms with van der Waals surface area (Å²) in [6.45, 7) is 0.493. The predicted molar refractivity (Wildman–Crippen MR) is 65.8 cm³/mol. The maximum atomic E-state index is 5.20. The highest BCUT2D eigenvalue weighted by Gasteiger charge is 2.01. The molecule has 0 bridgehead atoms. The van der Waals surface area contributed by atoms with Crippen molar-refractivity contribution >= 4 is 6.08 Å². The normalized spacial score (nSPS) is 11.6. The minimum atomic E-state index is 0.493. The molecule has 3 N–H and O–H groups in total. The monoisotopic (exact) mass is 230 g/mol. The van der Waals surface area contributed by atoms with E-state index in [9.17, 15) is 0 Å². The number of nitrogens with one attached hydrogen (secondary N) is 1. The van der Waals surface area contributed by atoms with Gasteiger partial charge in [-0.15, -0.1) is 0 Å².